The molecule has 2 atom stereocenters. The molecule has 0 radical (unpaired) electrons. The molecule has 2 nitrogen and oxygen atoms in total. The number of benzene rings is 2. The molecule has 0 saturated carbocycles. The predicted molar refractivity (Wildman–Crippen MR) is 84.2 cm³/mol. The summed E-state index contributed by atoms with van der Waals surface area (Å²) in [7, 11) is 0. The molecule has 1 aromatic heterocycles. The lowest BCUT2D eigenvalue weighted by molar-refractivity contribution is 0.805. The van der Waals surface area contributed by atoms with Crippen molar-refractivity contribution >= 4 is 27.5 Å². The van der Waals surface area contributed by atoms with Gasteiger partial charge < -0.3 is 10.3 Å². The molecule has 1 aliphatic heterocycles. The van der Waals surface area contributed by atoms with Crippen LogP contribution in [0.5, 0.6) is 0 Å². The van der Waals surface area contributed by atoms with E-state index < -0.39 is 0 Å². The first-order valence-corrected chi connectivity index (χ1v) is 7.07. The molecule has 0 saturated heterocycles. The second-order valence-corrected chi connectivity index (χ2v) is 5.59. The number of fused-ring (bicyclic) bond motifs is 7. The van der Waals surface area contributed by atoms with Gasteiger partial charge in [-0.05, 0) is 11.6 Å². The Kier molecular flexibility index (Phi) is 1.83. The molecule has 2 N–H and O–H groups in total. The van der Waals surface area contributed by atoms with Gasteiger partial charge in [0.25, 0.3) is 0 Å². The molecule has 96 valence electrons. The molecule has 0 spiro atoms. The minimum absolute atomic E-state index is 0.395. The zero-order chi connectivity index (χ0) is 13.1. The van der Waals surface area contributed by atoms with Crippen LogP contribution in [0.1, 0.15) is 11.5 Å². The molecule has 2 heteroatoms. The Morgan fingerprint density at radius 2 is 1.75 bits per heavy atom. The molecule has 3 aromatic rings. The van der Waals surface area contributed by atoms with Crippen molar-refractivity contribution < 1.29 is 0 Å². The minimum atomic E-state index is 0.395. The van der Waals surface area contributed by atoms with Crippen LogP contribution in [-0.2, 0) is 0 Å². The maximum absolute atomic E-state index is 3.67. The monoisotopic (exact) mass is 258 g/mol. The van der Waals surface area contributed by atoms with Gasteiger partial charge in [0.2, 0.25) is 0 Å². The third kappa shape index (κ3) is 1.19. The summed E-state index contributed by atoms with van der Waals surface area (Å²) in [6, 6.07) is 13.4. The molecule has 5 rings (SSSR count). The van der Waals surface area contributed by atoms with Crippen LogP contribution in [0.3, 0.4) is 0 Å². The first-order valence-electron chi connectivity index (χ1n) is 7.07. The van der Waals surface area contributed by atoms with Crippen molar-refractivity contribution in [3.05, 3.63) is 66.3 Å². The second-order valence-electron chi connectivity index (χ2n) is 5.59. The normalized spacial score (nSPS) is 23.0. The van der Waals surface area contributed by atoms with Crippen LogP contribution >= 0.6 is 0 Å². The van der Waals surface area contributed by atoms with Crippen molar-refractivity contribution in [3.8, 4) is 0 Å². The van der Waals surface area contributed by atoms with E-state index in [4.69, 9.17) is 0 Å². The van der Waals surface area contributed by atoms with Gasteiger partial charge in [-0.2, -0.15) is 0 Å². The zero-order valence-corrected chi connectivity index (χ0v) is 10.9. The molecule has 2 aromatic carbocycles. The van der Waals surface area contributed by atoms with E-state index >= 15 is 0 Å². The Labute approximate surface area is 116 Å². The average Bonchev–Trinajstić information content (AvgIpc) is 3.05. The highest BCUT2D eigenvalue weighted by atomic mass is 15.0. The molecule has 2 aliphatic rings. The fourth-order valence-corrected chi connectivity index (χ4v) is 3.58. The summed E-state index contributed by atoms with van der Waals surface area (Å²) in [5, 5.41) is 6.27. The molecule has 2 unspecified atom stereocenters. The van der Waals surface area contributed by atoms with Crippen LogP contribution in [-0.4, -0.2) is 11.0 Å². The Morgan fingerprint density at radius 1 is 0.850 bits per heavy atom. The smallest absolute Gasteiger partial charge is 0.0703 e. The first-order chi connectivity index (χ1) is 9.92. The summed E-state index contributed by atoms with van der Waals surface area (Å²) in [4.78, 5) is 3.58. The molecule has 0 bridgehead atoms. The third-order valence-electron chi connectivity index (χ3n) is 4.52. The minimum Gasteiger partial charge on any atom is -0.376 e. The number of anilines is 1. The Bertz CT molecular complexity index is 898. The number of aromatic nitrogens is 1. The van der Waals surface area contributed by atoms with E-state index in [0.717, 1.165) is 0 Å². The van der Waals surface area contributed by atoms with E-state index in [1.807, 2.05) is 0 Å². The van der Waals surface area contributed by atoms with Gasteiger partial charge in [-0.1, -0.05) is 54.6 Å². The van der Waals surface area contributed by atoms with E-state index in [1.165, 1.54) is 33.1 Å². The molecular weight excluding hydrogens is 244 g/mol. The Morgan fingerprint density at radius 3 is 2.75 bits per heavy atom. The molecule has 0 fully saturated rings. The average molecular weight is 258 g/mol. The van der Waals surface area contributed by atoms with E-state index in [1.54, 1.807) is 0 Å². The lowest BCUT2D eigenvalue weighted by Crippen LogP contribution is -2.17. The van der Waals surface area contributed by atoms with Crippen LogP contribution in [0.2, 0.25) is 0 Å². The highest BCUT2D eigenvalue weighted by Gasteiger charge is 2.31. The van der Waals surface area contributed by atoms with E-state index in [-0.39, 0.29) is 0 Å². The van der Waals surface area contributed by atoms with E-state index in [9.17, 15) is 0 Å². The SMILES string of the molecule is C1=CC2Nc3c(ccc4c3[nH]c3ccccc34)C2C=C1. The molecule has 20 heavy (non-hydrogen) atoms. The van der Waals surface area contributed by atoms with Crippen molar-refractivity contribution in [2.45, 2.75) is 12.0 Å². The number of hydrogen-bond acceptors (Lipinski definition) is 1. The molecule has 0 amide bonds. The number of para-hydroxylation sites is 1. The number of nitrogens with one attached hydrogen (secondary N) is 2. The number of aromatic amines is 1. The van der Waals surface area contributed by atoms with Crippen LogP contribution in [0.4, 0.5) is 5.69 Å². The van der Waals surface area contributed by atoms with Crippen molar-refractivity contribution in [1.82, 2.24) is 4.98 Å². The van der Waals surface area contributed by atoms with Gasteiger partial charge in [-0.3, -0.25) is 0 Å². The van der Waals surface area contributed by atoms with Gasteiger partial charge in [0.15, 0.2) is 0 Å². The van der Waals surface area contributed by atoms with Gasteiger partial charge >= 0.3 is 0 Å². The van der Waals surface area contributed by atoms with E-state index in [0.29, 0.717) is 12.0 Å². The highest BCUT2D eigenvalue weighted by molar-refractivity contribution is 6.12. The molecule has 2 heterocycles. The summed E-state index contributed by atoms with van der Waals surface area (Å²) in [6.45, 7) is 0. The predicted octanol–water partition coefficient (Wildman–Crippen LogP) is 4.32. The quantitative estimate of drug-likeness (QED) is 0.617. The van der Waals surface area contributed by atoms with Crippen LogP contribution < -0.4 is 5.32 Å². The number of allylic oxidation sites excluding steroid dienone is 2. The Balaban J connectivity index is 1.86. The topological polar surface area (TPSA) is 27.8 Å². The summed E-state index contributed by atoms with van der Waals surface area (Å²) in [5.41, 5.74) is 5.11. The number of H-pyrrole nitrogens is 1. The number of rotatable bonds is 0. The van der Waals surface area contributed by atoms with Crippen molar-refractivity contribution in [1.29, 1.82) is 0 Å². The summed E-state index contributed by atoms with van der Waals surface area (Å²) in [5.74, 6) is 0.464. The molecular formula is C18H14N2. The van der Waals surface area contributed by atoms with Crippen LogP contribution in [0.15, 0.2) is 60.7 Å². The van der Waals surface area contributed by atoms with Crippen LogP contribution in [0, 0.1) is 0 Å². The second kappa shape index (κ2) is 3.54. The van der Waals surface area contributed by atoms with Gasteiger partial charge in [0.1, 0.15) is 0 Å². The van der Waals surface area contributed by atoms with Gasteiger partial charge in [-0.25, -0.2) is 0 Å². The maximum Gasteiger partial charge on any atom is 0.0703 e. The largest absolute Gasteiger partial charge is 0.376 e. The van der Waals surface area contributed by atoms with Crippen molar-refractivity contribution in [3.63, 3.8) is 0 Å². The standard InChI is InChI=1S/C18H14N2/c1-3-7-15-11(5-1)13-9-10-14-12-6-2-4-8-16(12)20-18(14)17(13)19-15/h1-11,15,19-20H. The zero-order valence-electron chi connectivity index (χ0n) is 10.9. The highest BCUT2D eigenvalue weighted by Crippen LogP contribution is 2.44. The van der Waals surface area contributed by atoms with Crippen molar-refractivity contribution in [2.24, 2.45) is 0 Å². The van der Waals surface area contributed by atoms with Gasteiger partial charge in [0.05, 0.1) is 17.2 Å². The third-order valence-corrected chi connectivity index (χ3v) is 4.52. The molecule has 1 aliphatic carbocycles. The van der Waals surface area contributed by atoms with Gasteiger partial charge in [-0.15, -0.1) is 0 Å². The van der Waals surface area contributed by atoms with Crippen molar-refractivity contribution in [2.75, 3.05) is 5.32 Å². The fraction of sp³-hybridized carbons (Fsp3) is 0.111. The Hall–Kier alpha value is -2.48. The van der Waals surface area contributed by atoms with Gasteiger partial charge in [0, 0.05) is 22.2 Å². The number of hydrogen-bond donors (Lipinski definition) is 2. The maximum atomic E-state index is 3.67. The van der Waals surface area contributed by atoms with E-state index in [2.05, 4.69) is 71.0 Å². The summed E-state index contributed by atoms with van der Waals surface area (Å²) >= 11 is 0. The lowest BCUT2D eigenvalue weighted by atomic mass is 9.91. The fourth-order valence-electron chi connectivity index (χ4n) is 3.58. The lowest BCUT2D eigenvalue weighted by Gasteiger charge is -2.15. The summed E-state index contributed by atoms with van der Waals surface area (Å²) < 4.78 is 0. The van der Waals surface area contributed by atoms with Crippen LogP contribution in [0.25, 0.3) is 21.8 Å². The summed E-state index contributed by atoms with van der Waals surface area (Å²) in [6.07, 6.45) is 8.81. The first kappa shape index (κ1) is 10.3.